The molecule has 5 heteroatoms. The minimum absolute atomic E-state index is 0.203. The summed E-state index contributed by atoms with van der Waals surface area (Å²) < 4.78 is 10.8. The van der Waals surface area contributed by atoms with Crippen molar-refractivity contribution in [2.45, 2.75) is 20.3 Å². The molecule has 1 heterocycles. The van der Waals surface area contributed by atoms with Gasteiger partial charge in [0, 0.05) is 22.4 Å². The number of benzene rings is 2. The first-order chi connectivity index (χ1) is 12.6. The lowest BCUT2D eigenvalue weighted by Crippen LogP contribution is -2.06. The predicted molar refractivity (Wildman–Crippen MR) is 101 cm³/mol. The molecule has 0 bridgehead atoms. The molecule has 1 amide bonds. The van der Waals surface area contributed by atoms with Gasteiger partial charge in [0.15, 0.2) is 0 Å². The summed E-state index contributed by atoms with van der Waals surface area (Å²) in [5.74, 6) is 0.136. The molecular formula is C21H21NO4. The maximum absolute atomic E-state index is 12.4. The number of para-hydroxylation sites is 1. The number of ether oxygens (including phenoxy) is 2. The molecule has 1 aliphatic rings. The largest absolute Gasteiger partial charge is 0.493 e. The van der Waals surface area contributed by atoms with Crippen molar-refractivity contribution in [2.75, 3.05) is 18.5 Å². The highest BCUT2D eigenvalue weighted by atomic mass is 16.5. The van der Waals surface area contributed by atoms with Crippen LogP contribution in [0.1, 0.15) is 41.8 Å². The SMILES string of the molecule is CCCOC(=O)c1ccc2c(c1)NC(=O)/C2=C/c1ccccc1OCC. The van der Waals surface area contributed by atoms with Crippen LogP contribution in [-0.2, 0) is 9.53 Å². The molecule has 0 saturated carbocycles. The van der Waals surface area contributed by atoms with Gasteiger partial charge in [0.2, 0.25) is 0 Å². The normalized spacial score (nSPS) is 14.1. The molecule has 0 atom stereocenters. The third-order valence-electron chi connectivity index (χ3n) is 3.99. The van der Waals surface area contributed by atoms with E-state index in [-0.39, 0.29) is 11.9 Å². The predicted octanol–water partition coefficient (Wildman–Crippen LogP) is 4.14. The van der Waals surface area contributed by atoms with Crippen molar-refractivity contribution in [1.82, 2.24) is 0 Å². The van der Waals surface area contributed by atoms with E-state index in [1.807, 2.05) is 38.1 Å². The number of anilines is 1. The lowest BCUT2D eigenvalue weighted by molar-refractivity contribution is -0.110. The Morgan fingerprint density at radius 2 is 1.96 bits per heavy atom. The Hall–Kier alpha value is -3.08. The second kappa shape index (κ2) is 7.87. The molecule has 1 N–H and O–H groups in total. The number of nitrogens with one attached hydrogen (secondary N) is 1. The van der Waals surface area contributed by atoms with E-state index in [1.165, 1.54) is 0 Å². The average Bonchev–Trinajstić information content (AvgIpc) is 2.96. The zero-order valence-corrected chi connectivity index (χ0v) is 14.9. The van der Waals surface area contributed by atoms with Crippen molar-refractivity contribution in [3.05, 3.63) is 59.2 Å². The topological polar surface area (TPSA) is 64.6 Å². The molecule has 1 aliphatic heterocycles. The van der Waals surface area contributed by atoms with Crippen LogP contribution in [0.25, 0.3) is 11.6 Å². The van der Waals surface area contributed by atoms with Crippen LogP contribution in [0.3, 0.4) is 0 Å². The van der Waals surface area contributed by atoms with Crippen LogP contribution in [-0.4, -0.2) is 25.1 Å². The molecule has 2 aromatic carbocycles. The summed E-state index contributed by atoms with van der Waals surface area (Å²) in [4.78, 5) is 24.4. The Bertz CT molecular complexity index is 870. The van der Waals surface area contributed by atoms with Gasteiger partial charge in [-0.3, -0.25) is 4.79 Å². The zero-order chi connectivity index (χ0) is 18.5. The lowest BCUT2D eigenvalue weighted by atomic mass is 10.0. The first-order valence-electron chi connectivity index (χ1n) is 8.70. The van der Waals surface area contributed by atoms with Crippen molar-refractivity contribution >= 4 is 29.2 Å². The van der Waals surface area contributed by atoms with Crippen molar-refractivity contribution in [2.24, 2.45) is 0 Å². The fraction of sp³-hybridized carbons (Fsp3) is 0.238. The van der Waals surface area contributed by atoms with Gasteiger partial charge in [0.1, 0.15) is 5.75 Å². The van der Waals surface area contributed by atoms with Crippen molar-refractivity contribution in [1.29, 1.82) is 0 Å². The van der Waals surface area contributed by atoms with Gasteiger partial charge in [-0.1, -0.05) is 31.2 Å². The van der Waals surface area contributed by atoms with Gasteiger partial charge >= 0.3 is 5.97 Å². The fourth-order valence-electron chi connectivity index (χ4n) is 2.79. The van der Waals surface area contributed by atoms with Gasteiger partial charge in [-0.05, 0) is 37.6 Å². The minimum Gasteiger partial charge on any atom is -0.493 e. The molecule has 134 valence electrons. The second-order valence-corrected chi connectivity index (χ2v) is 5.88. The van der Waals surface area contributed by atoms with Gasteiger partial charge in [-0.2, -0.15) is 0 Å². The van der Waals surface area contributed by atoms with Crippen LogP contribution in [0, 0.1) is 0 Å². The average molecular weight is 351 g/mol. The number of esters is 1. The van der Waals surface area contributed by atoms with Crippen molar-refractivity contribution in [3.8, 4) is 5.75 Å². The van der Waals surface area contributed by atoms with E-state index in [1.54, 1.807) is 24.3 Å². The Morgan fingerprint density at radius 3 is 2.73 bits per heavy atom. The molecule has 0 spiro atoms. The number of carbonyl (C=O) groups excluding carboxylic acids is 2. The Kier molecular flexibility index (Phi) is 5.37. The van der Waals surface area contributed by atoms with Crippen LogP contribution in [0.15, 0.2) is 42.5 Å². The van der Waals surface area contributed by atoms with Crippen molar-refractivity contribution in [3.63, 3.8) is 0 Å². The molecule has 0 unspecified atom stereocenters. The highest BCUT2D eigenvalue weighted by Crippen LogP contribution is 2.35. The van der Waals surface area contributed by atoms with E-state index in [2.05, 4.69) is 5.32 Å². The Labute approximate surface area is 152 Å². The van der Waals surface area contributed by atoms with Gasteiger partial charge in [-0.25, -0.2) is 4.79 Å². The third kappa shape index (κ3) is 3.61. The van der Waals surface area contributed by atoms with Gasteiger partial charge < -0.3 is 14.8 Å². The summed E-state index contributed by atoms with van der Waals surface area (Å²) in [6.45, 7) is 4.78. The smallest absolute Gasteiger partial charge is 0.338 e. The Morgan fingerprint density at radius 1 is 1.15 bits per heavy atom. The number of hydrogen-bond acceptors (Lipinski definition) is 4. The number of rotatable bonds is 6. The van der Waals surface area contributed by atoms with Crippen molar-refractivity contribution < 1.29 is 19.1 Å². The van der Waals surface area contributed by atoms with Crippen LogP contribution in [0.5, 0.6) is 5.75 Å². The summed E-state index contributed by atoms with van der Waals surface area (Å²) in [6, 6.07) is 12.7. The first-order valence-corrected chi connectivity index (χ1v) is 8.70. The number of fused-ring (bicyclic) bond motifs is 1. The summed E-state index contributed by atoms with van der Waals surface area (Å²) in [5, 5.41) is 2.81. The molecular weight excluding hydrogens is 330 g/mol. The second-order valence-electron chi connectivity index (χ2n) is 5.88. The minimum atomic E-state index is -0.386. The molecule has 26 heavy (non-hydrogen) atoms. The van der Waals surface area contributed by atoms with Crippen LogP contribution >= 0.6 is 0 Å². The van der Waals surface area contributed by atoms with Gasteiger partial charge in [-0.15, -0.1) is 0 Å². The highest BCUT2D eigenvalue weighted by Gasteiger charge is 2.25. The molecule has 3 rings (SSSR count). The van der Waals surface area contributed by atoms with E-state index in [9.17, 15) is 9.59 Å². The number of amides is 1. The summed E-state index contributed by atoms with van der Waals surface area (Å²) in [7, 11) is 0. The maximum atomic E-state index is 12.4. The van der Waals surface area contributed by atoms with E-state index in [0.717, 1.165) is 23.3 Å². The molecule has 0 fully saturated rings. The number of carbonyl (C=O) groups is 2. The molecule has 2 aromatic rings. The molecule has 5 nitrogen and oxygen atoms in total. The van der Waals surface area contributed by atoms with Crippen LogP contribution in [0.2, 0.25) is 0 Å². The monoisotopic (exact) mass is 351 g/mol. The number of hydrogen-bond donors (Lipinski definition) is 1. The zero-order valence-electron chi connectivity index (χ0n) is 14.9. The molecule has 0 radical (unpaired) electrons. The maximum Gasteiger partial charge on any atom is 0.338 e. The van der Waals surface area contributed by atoms with Crippen LogP contribution in [0.4, 0.5) is 5.69 Å². The van der Waals surface area contributed by atoms with E-state index < -0.39 is 0 Å². The summed E-state index contributed by atoms with van der Waals surface area (Å²) >= 11 is 0. The van der Waals surface area contributed by atoms with Gasteiger partial charge in [0.05, 0.1) is 18.8 Å². The molecule has 0 aromatic heterocycles. The summed E-state index contributed by atoms with van der Waals surface area (Å²) in [5.41, 5.74) is 3.17. The first kappa shape index (κ1) is 17.7. The molecule has 0 saturated heterocycles. The fourth-order valence-corrected chi connectivity index (χ4v) is 2.79. The highest BCUT2D eigenvalue weighted by molar-refractivity contribution is 6.35. The van der Waals surface area contributed by atoms with Gasteiger partial charge in [0.25, 0.3) is 5.91 Å². The van der Waals surface area contributed by atoms with E-state index >= 15 is 0 Å². The van der Waals surface area contributed by atoms with Crippen LogP contribution < -0.4 is 10.1 Å². The third-order valence-corrected chi connectivity index (χ3v) is 3.99. The molecule has 0 aliphatic carbocycles. The standard InChI is InChI=1S/C21H21NO4/c1-3-11-26-21(24)15-9-10-16-17(20(23)22-18(16)13-15)12-14-7-5-6-8-19(14)25-4-2/h5-10,12-13H,3-4,11H2,1-2H3,(H,22,23)/b17-12+. The lowest BCUT2D eigenvalue weighted by Gasteiger charge is -2.07. The quantitative estimate of drug-likeness (QED) is 0.627. The van der Waals surface area contributed by atoms with E-state index in [0.29, 0.717) is 30.0 Å². The summed E-state index contributed by atoms with van der Waals surface area (Å²) in [6.07, 6.45) is 2.57. The van der Waals surface area contributed by atoms with E-state index in [4.69, 9.17) is 9.47 Å². The Balaban J connectivity index is 1.94.